The number of anilines is 3. The molecular formula is C54H33NO2. The maximum Gasteiger partial charge on any atom is 0.143 e. The molecule has 0 unspecified atom stereocenters. The van der Waals surface area contributed by atoms with Crippen molar-refractivity contribution < 1.29 is 8.83 Å². The van der Waals surface area contributed by atoms with Crippen LogP contribution in [0.25, 0.3) is 98.4 Å². The second-order valence-electron chi connectivity index (χ2n) is 14.8. The first-order chi connectivity index (χ1) is 28.2. The normalized spacial score (nSPS) is 11.9. The Labute approximate surface area is 328 Å². The van der Waals surface area contributed by atoms with Crippen LogP contribution in [0.5, 0.6) is 0 Å². The van der Waals surface area contributed by atoms with Gasteiger partial charge in [0.05, 0.1) is 5.69 Å². The summed E-state index contributed by atoms with van der Waals surface area (Å²) < 4.78 is 13.0. The van der Waals surface area contributed by atoms with E-state index in [1.54, 1.807) is 0 Å². The average molecular weight is 728 g/mol. The second kappa shape index (κ2) is 12.5. The van der Waals surface area contributed by atoms with Crippen molar-refractivity contribution in [3.05, 3.63) is 200 Å². The molecule has 0 saturated heterocycles. The van der Waals surface area contributed by atoms with Gasteiger partial charge in [-0.05, 0) is 104 Å². The van der Waals surface area contributed by atoms with Crippen molar-refractivity contribution >= 4 is 93.3 Å². The molecule has 0 aliphatic carbocycles. The Morgan fingerprint density at radius 1 is 0.298 bits per heavy atom. The van der Waals surface area contributed by atoms with Crippen molar-refractivity contribution in [3.63, 3.8) is 0 Å². The number of hydrogen-bond acceptors (Lipinski definition) is 3. The monoisotopic (exact) mass is 727 g/mol. The van der Waals surface area contributed by atoms with E-state index in [1.807, 2.05) is 12.1 Å². The third-order valence-corrected chi connectivity index (χ3v) is 11.6. The summed E-state index contributed by atoms with van der Waals surface area (Å²) in [6.07, 6.45) is 0. The molecule has 0 radical (unpaired) electrons. The van der Waals surface area contributed by atoms with Crippen molar-refractivity contribution in [3.8, 4) is 22.3 Å². The molecule has 2 aromatic heterocycles. The summed E-state index contributed by atoms with van der Waals surface area (Å²) >= 11 is 0. The van der Waals surface area contributed by atoms with Gasteiger partial charge in [-0.3, -0.25) is 0 Å². The molecule has 0 spiro atoms. The van der Waals surface area contributed by atoms with Crippen LogP contribution < -0.4 is 4.90 Å². The number of nitrogens with zero attached hydrogens (tertiary/aromatic N) is 1. The van der Waals surface area contributed by atoms with Crippen LogP contribution in [0, 0.1) is 0 Å². The summed E-state index contributed by atoms with van der Waals surface area (Å²) in [7, 11) is 0. The van der Waals surface area contributed by atoms with Crippen molar-refractivity contribution in [2.45, 2.75) is 0 Å². The summed E-state index contributed by atoms with van der Waals surface area (Å²) in [5.74, 6) is 0. The maximum absolute atomic E-state index is 6.52. The lowest BCUT2D eigenvalue weighted by Gasteiger charge is -2.28. The number of benzene rings is 10. The Bertz CT molecular complexity index is 3530. The van der Waals surface area contributed by atoms with Gasteiger partial charge in [0.15, 0.2) is 0 Å². The summed E-state index contributed by atoms with van der Waals surface area (Å²) in [5, 5.41) is 11.8. The largest absolute Gasteiger partial charge is 0.456 e. The van der Waals surface area contributed by atoms with E-state index < -0.39 is 0 Å². The average Bonchev–Trinajstić information content (AvgIpc) is 3.85. The van der Waals surface area contributed by atoms with Crippen LogP contribution in [0.4, 0.5) is 17.1 Å². The first-order valence-corrected chi connectivity index (χ1v) is 19.4. The minimum Gasteiger partial charge on any atom is -0.456 e. The molecule has 0 amide bonds. The Morgan fingerprint density at radius 2 is 0.930 bits per heavy atom. The minimum atomic E-state index is 0.856. The van der Waals surface area contributed by atoms with Gasteiger partial charge in [-0.1, -0.05) is 133 Å². The van der Waals surface area contributed by atoms with Crippen molar-refractivity contribution in [1.29, 1.82) is 0 Å². The number of hydrogen-bond donors (Lipinski definition) is 0. The molecule has 57 heavy (non-hydrogen) atoms. The van der Waals surface area contributed by atoms with Crippen LogP contribution in [0.15, 0.2) is 209 Å². The lowest BCUT2D eigenvalue weighted by atomic mass is 9.93. The van der Waals surface area contributed by atoms with E-state index in [0.29, 0.717) is 0 Å². The molecule has 10 aromatic carbocycles. The number of rotatable bonds is 5. The van der Waals surface area contributed by atoms with E-state index in [1.165, 1.54) is 38.1 Å². The third-order valence-electron chi connectivity index (χ3n) is 11.6. The highest BCUT2D eigenvalue weighted by molar-refractivity contribution is 6.16. The molecule has 0 atom stereocenters. The van der Waals surface area contributed by atoms with Crippen LogP contribution >= 0.6 is 0 Å². The van der Waals surface area contributed by atoms with Crippen LogP contribution in [-0.4, -0.2) is 0 Å². The molecule has 0 bridgehead atoms. The fourth-order valence-electron chi connectivity index (χ4n) is 8.95. The van der Waals surface area contributed by atoms with Gasteiger partial charge in [0, 0.05) is 49.9 Å². The van der Waals surface area contributed by atoms with Gasteiger partial charge >= 0.3 is 0 Å². The van der Waals surface area contributed by atoms with Gasteiger partial charge in [-0.25, -0.2) is 0 Å². The van der Waals surface area contributed by atoms with Crippen LogP contribution in [-0.2, 0) is 0 Å². The minimum absolute atomic E-state index is 0.856. The second-order valence-corrected chi connectivity index (χ2v) is 14.8. The molecule has 12 aromatic rings. The number of furan rings is 2. The summed E-state index contributed by atoms with van der Waals surface area (Å²) in [6, 6.07) is 71.6. The van der Waals surface area contributed by atoms with Gasteiger partial charge < -0.3 is 13.7 Å². The molecule has 266 valence electrons. The molecule has 0 fully saturated rings. The number of para-hydroxylation sites is 2. The van der Waals surface area contributed by atoms with Crippen molar-refractivity contribution in [2.75, 3.05) is 4.90 Å². The zero-order valence-corrected chi connectivity index (χ0v) is 30.8. The molecule has 0 N–H and O–H groups in total. The van der Waals surface area contributed by atoms with Gasteiger partial charge in [0.2, 0.25) is 0 Å². The van der Waals surface area contributed by atoms with E-state index >= 15 is 0 Å². The van der Waals surface area contributed by atoms with Crippen molar-refractivity contribution in [2.24, 2.45) is 0 Å². The topological polar surface area (TPSA) is 29.5 Å². The molecule has 0 aliphatic heterocycles. The predicted octanol–water partition coefficient (Wildman–Crippen LogP) is 15.7. The first-order valence-electron chi connectivity index (χ1n) is 19.4. The van der Waals surface area contributed by atoms with Crippen LogP contribution in [0.2, 0.25) is 0 Å². The Balaban J connectivity index is 1.04. The zero-order valence-electron chi connectivity index (χ0n) is 30.8. The van der Waals surface area contributed by atoms with Gasteiger partial charge in [-0.2, -0.15) is 0 Å². The molecule has 2 heterocycles. The molecule has 0 aliphatic rings. The quantitative estimate of drug-likeness (QED) is 0.165. The van der Waals surface area contributed by atoms with E-state index in [9.17, 15) is 0 Å². The van der Waals surface area contributed by atoms with Crippen LogP contribution in [0.3, 0.4) is 0 Å². The lowest BCUT2D eigenvalue weighted by Crippen LogP contribution is -2.11. The van der Waals surface area contributed by atoms with Gasteiger partial charge in [0.25, 0.3) is 0 Å². The molecule has 0 saturated carbocycles. The van der Waals surface area contributed by atoms with E-state index in [0.717, 1.165) is 77.5 Å². The molecule has 3 heteroatoms. The van der Waals surface area contributed by atoms with E-state index in [4.69, 9.17) is 8.83 Å². The summed E-state index contributed by atoms with van der Waals surface area (Å²) in [5.41, 5.74) is 11.3. The van der Waals surface area contributed by atoms with E-state index in [2.05, 4.69) is 193 Å². The summed E-state index contributed by atoms with van der Waals surface area (Å²) in [4.78, 5) is 2.36. The fraction of sp³-hybridized carbons (Fsp3) is 0. The molecule has 3 nitrogen and oxygen atoms in total. The molecule has 12 rings (SSSR count). The van der Waals surface area contributed by atoms with Gasteiger partial charge in [-0.15, -0.1) is 0 Å². The van der Waals surface area contributed by atoms with Gasteiger partial charge in [0.1, 0.15) is 22.3 Å². The Morgan fingerprint density at radius 3 is 1.81 bits per heavy atom. The SMILES string of the molecule is c1ccc(N(c2ccc(-c3cc4ccccc4c4ccccc34)cc2)c2ccc3c(c2)oc2ccccc23)c(-c2ccc3oc4c5ccccc5ccc4c3c2)c1. The van der Waals surface area contributed by atoms with Crippen molar-refractivity contribution in [1.82, 2.24) is 0 Å². The number of fused-ring (bicyclic) bond motifs is 11. The Hall–Kier alpha value is -7.62. The summed E-state index contributed by atoms with van der Waals surface area (Å²) in [6.45, 7) is 0. The molecular weight excluding hydrogens is 695 g/mol. The Kier molecular flexibility index (Phi) is 6.93. The van der Waals surface area contributed by atoms with Crippen LogP contribution in [0.1, 0.15) is 0 Å². The zero-order chi connectivity index (χ0) is 37.5. The lowest BCUT2D eigenvalue weighted by molar-refractivity contribution is 0.669. The highest BCUT2D eigenvalue weighted by Gasteiger charge is 2.21. The first kappa shape index (κ1) is 31.7. The predicted molar refractivity (Wildman–Crippen MR) is 239 cm³/mol. The third kappa shape index (κ3) is 4.99. The van der Waals surface area contributed by atoms with E-state index in [-0.39, 0.29) is 0 Å². The standard InChI is InChI=1S/C54H33NO2/c1-4-15-42-34(11-1)23-28-47-49-32-37(24-30-52(49)57-54(42)47)41-14-7-9-19-50(41)55(39-27-29-46-45-18-8-10-20-51(45)56-53(46)33-39)38-25-21-35(22-26-38)48-31-36-12-2-3-13-40(36)43-16-5-6-17-44(43)48/h1-33H. The highest BCUT2D eigenvalue weighted by Crippen LogP contribution is 2.45. The maximum atomic E-state index is 6.52. The highest BCUT2D eigenvalue weighted by atomic mass is 16.3. The fourth-order valence-corrected chi connectivity index (χ4v) is 8.95. The smallest absolute Gasteiger partial charge is 0.143 e.